The first-order valence-electron chi connectivity index (χ1n) is 4.78. The van der Waals surface area contributed by atoms with Crippen molar-refractivity contribution in [2.45, 2.75) is 13.8 Å². The van der Waals surface area contributed by atoms with E-state index >= 15 is 0 Å². The van der Waals surface area contributed by atoms with Gasteiger partial charge in [0, 0.05) is 11.9 Å². The molecule has 1 heterocycles. The van der Waals surface area contributed by atoms with Crippen LogP contribution in [0.3, 0.4) is 0 Å². The van der Waals surface area contributed by atoms with Crippen LogP contribution >= 0.6 is 0 Å². The summed E-state index contributed by atoms with van der Waals surface area (Å²) >= 11 is 0. The molecule has 0 bridgehead atoms. The van der Waals surface area contributed by atoms with Gasteiger partial charge in [-0.05, 0) is 31.6 Å². The van der Waals surface area contributed by atoms with E-state index in [1.165, 1.54) is 0 Å². The van der Waals surface area contributed by atoms with E-state index in [2.05, 4.69) is 13.2 Å². The molecule has 0 spiro atoms. The average molecular weight is 205 g/mol. The van der Waals surface area contributed by atoms with Gasteiger partial charge in [-0.1, -0.05) is 13.2 Å². The Morgan fingerprint density at radius 2 is 2.33 bits per heavy atom. The largest absolute Gasteiger partial charge is 0.461 e. The fourth-order valence-electron chi connectivity index (χ4n) is 1.32. The number of carbonyl (C=O) groups is 1. The van der Waals surface area contributed by atoms with Gasteiger partial charge in [0.25, 0.3) is 0 Å². The normalized spacial score (nSPS) is 9.73. The molecule has 3 heteroatoms. The maximum absolute atomic E-state index is 11.4. The summed E-state index contributed by atoms with van der Waals surface area (Å²) in [4.78, 5) is 11.4. The Bertz CT molecular complexity index is 402. The summed E-state index contributed by atoms with van der Waals surface area (Å²) in [6.45, 7) is 11.4. The standard InChI is InChI=1S/C12H15NO2/c1-5-11-7-9(3)8-13(11)10(4)12(14)15-6-2/h5,7-8H,1,4,6H2,2-3H3. The highest BCUT2D eigenvalue weighted by Gasteiger charge is 2.12. The van der Waals surface area contributed by atoms with Crippen molar-refractivity contribution < 1.29 is 9.53 Å². The molecule has 0 aliphatic rings. The molecule has 15 heavy (non-hydrogen) atoms. The molecule has 0 aromatic carbocycles. The van der Waals surface area contributed by atoms with Crippen LogP contribution in [0.5, 0.6) is 0 Å². The minimum atomic E-state index is -0.406. The summed E-state index contributed by atoms with van der Waals surface area (Å²) in [6, 6.07) is 1.93. The molecule has 0 unspecified atom stereocenters. The molecule has 0 radical (unpaired) electrons. The number of carbonyl (C=O) groups excluding carboxylic acids is 1. The van der Waals surface area contributed by atoms with E-state index in [0.717, 1.165) is 11.3 Å². The smallest absolute Gasteiger partial charge is 0.354 e. The number of ether oxygens (including phenoxy) is 1. The Kier molecular flexibility index (Phi) is 3.50. The van der Waals surface area contributed by atoms with Gasteiger partial charge in [-0.15, -0.1) is 0 Å². The fraction of sp³-hybridized carbons (Fsp3) is 0.250. The molecular formula is C12H15NO2. The van der Waals surface area contributed by atoms with Crippen molar-refractivity contribution in [1.29, 1.82) is 0 Å². The average Bonchev–Trinajstić information content (AvgIpc) is 2.58. The molecule has 1 aromatic heterocycles. The van der Waals surface area contributed by atoms with E-state index in [1.807, 2.05) is 19.2 Å². The third-order valence-electron chi connectivity index (χ3n) is 2.00. The van der Waals surface area contributed by atoms with Gasteiger partial charge in [0.15, 0.2) is 0 Å². The lowest BCUT2D eigenvalue weighted by Crippen LogP contribution is -2.11. The number of aryl methyl sites for hydroxylation is 1. The van der Waals surface area contributed by atoms with E-state index in [1.54, 1.807) is 17.6 Å². The van der Waals surface area contributed by atoms with Crippen molar-refractivity contribution in [3.05, 3.63) is 36.7 Å². The highest BCUT2D eigenvalue weighted by Crippen LogP contribution is 2.15. The predicted molar refractivity (Wildman–Crippen MR) is 61.2 cm³/mol. The number of esters is 1. The molecule has 80 valence electrons. The van der Waals surface area contributed by atoms with Crippen LogP contribution in [0, 0.1) is 6.92 Å². The van der Waals surface area contributed by atoms with Gasteiger partial charge in [-0.2, -0.15) is 0 Å². The van der Waals surface area contributed by atoms with Gasteiger partial charge < -0.3 is 9.30 Å². The van der Waals surface area contributed by atoms with Crippen molar-refractivity contribution in [1.82, 2.24) is 4.57 Å². The Balaban J connectivity index is 2.99. The molecule has 0 saturated carbocycles. The van der Waals surface area contributed by atoms with Gasteiger partial charge >= 0.3 is 5.97 Å². The fourth-order valence-corrected chi connectivity index (χ4v) is 1.32. The molecule has 0 amide bonds. The Morgan fingerprint density at radius 1 is 1.67 bits per heavy atom. The van der Waals surface area contributed by atoms with E-state index < -0.39 is 5.97 Å². The number of aromatic nitrogens is 1. The van der Waals surface area contributed by atoms with Crippen LogP contribution in [-0.4, -0.2) is 17.1 Å². The van der Waals surface area contributed by atoms with E-state index in [0.29, 0.717) is 12.3 Å². The van der Waals surface area contributed by atoms with Crippen LogP contribution in [0.15, 0.2) is 25.4 Å². The van der Waals surface area contributed by atoms with Crippen LogP contribution in [0.1, 0.15) is 18.2 Å². The minimum absolute atomic E-state index is 0.305. The van der Waals surface area contributed by atoms with Crippen molar-refractivity contribution in [3.8, 4) is 0 Å². The molecule has 0 fully saturated rings. The molecule has 0 aliphatic heterocycles. The van der Waals surface area contributed by atoms with Crippen molar-refractivity contribution in [3.63, 3.8) is 0 Å². The number of hydrogen-bond acceptors (Lipinski definition) is 2. The molecular weight excluding hydrogens is 190 g/mol. The first-order chi connectivity index (χ1) is 7.10. The predicted octanol–water partition coefficient (Wildman–Crippen LogP) is 2.47. The molecule has 0 N–H and O–H groups in total. The maximum atomic E-state index is 11.4. The first-order valence-corrected chi connectivity index (χ1v) is 4.78. The lowest BCUT2D eigenvalue weighted by molar-refractivity contribution is -0.136. The third-order valence-corrected chi connectivity index (χ3v) is 2.00. The summed E-state index contributed by atoms with van der Waals surface area (Å²) in [5.41, 5.74) is 2.20. The summed E-state index contributed by atoms with van der Waals surface area (Å²) in [5, 5.41) is 0. The monoisotopic (exact) mass is 205 g/mol. The summed E-state index contributed by atoms with van der Waals surface area (Å²) in [6.07, 6.45) is 3.51. The van der Waals surface area contributed by atoms with Crippen LogP contribution in [0.2, 0.25) is 0 Å². The molecule has 0 aliphatic carbocycles. The highest BCUT2D eigenvalue weighted by atomic mass is 16.5. The van der Waals surface area contributed by atoms with Crippen LogP contribution < -0.4 is 0 Å². The number of nitrogens with zero attached hydrogens (tertiary/aromatic N) is 1. The summed E-state index contributed by atoms with van der Waals surface area (Å²) in [7, 11) is 0. The van der Waals surface area contributed by atoms with Crippen LogP contribution in [-0.2, 0) is 9.53 Å². The minimum Gasteiger partial charge on any atom is -0.461 e. The van der Waals surface area contributed by atoms with Gasteiger partial charge in [0.05, 0.1) is 6.61 Å². The zero-order chi connectivity index (χ0) is 11.4. The lowest BCUT2D eigenvalue weighted by Gasteiger charge is -2.08. The van der Waals surface area contributed by atoms with E-state index in [4.69, 9.17) is 4.74 Å². The van der Waals surface area contributed by atoms with Gasteiger partial charge in [-0.25, -0.2) is 4.79 Å². The third kappa shape index (κ3) is 2.37. The SMILES string of the molecule is C=Cc1cc(C)cn1C(=C)C(=O)OCC. The Hall–Kier alpha value is -1.77. The van der Waals surface area contributed by atoms with E-state index in [-0.39, 0.29) is 0 Å². The maximum Gasteiger partial charge on any atom is 0.354 e. The molecule has 0 atom stereocenters. The molecule has 0 saturated heterocycles. The van der Waals surface area contributed by atoms with Crippen molar-refractivity contribution in [2.24, 2.45) is 0 Å². The Labute approximate surface area is 89.7 Å². The Morgan fingerprint density at radius 3 is 2.87 bits per heavy atom. The number of hydrogen-bond donors (Lipinski definition) is 0. The van der Waals surface area contributed by atoms with Gasteiger partial charge in [0.2, 0.25) is 0 Å². The van der Waals surface area contributed by atoms with E-state index in [9.17, 15) is 4.79 Å². The highest BCUT2D eigenvalue weighted by molar-refractivity contribution is 6.09. The second kappa shape index (κ2) is 4.64. The summed E-state index contributed by atoms with van der Waals surface area (Å²) in [5.74, 6) is -0.406. The van der Waals surface area contributed by atoms with Crippen LogP contribution in [0.4, 0.5) is 0 Å². The second-order valence-electron chi connectivity index (χ2n) is 3.18. The second-order valence-corrected chi connectivity index (χ2v) is 3.18. The lowest BCUT2D eigenvalue weighted by atomic mass is 10.3. The van der Waals surface area contributed by atoms with Gasteiger partial charge in [-0.3, -0.25) is 0 Å². The zero-order valence-corrected chi connectivity index (χ0v) is 9.12. The molecule has 3 nitrogen and oxygen atoms in total. The van der Waals surface area contributed by atoms with Crippen molar-refractivity contribution in [2.75, 3.05) is 6.61 Å². The summed E-state index contributed by atoms with van der Waals surface area (Å²) < 4.78 is 6.55. The van der Waals surface area contributed by atoms with Gasteiger partial charge in [0.1, 0.15) is 5.70 Å². The molecule has 1 rings (SSSR count). The quantitative estimate of drug-likeness (QED) is 0.558. The van der Waals surface area contributed by atoms with Crippen molar-refractivity contribution >= 4 is 17.7 Å². The zero-order valence-electron chi connectivity index (χ0n) is 9.12. The number of rotatable bonds is 4. The van der Waals surface area contributed by atoms with Crippen LogP contribution in [0.25, 0.3) is 11.8 Å². The topological polar surface area (TPSA) is 31.2 Å². The first kappa shape index (κ1) is 11.3. The molecule has 1 aromatic rings.